The van der Waals surface area contributed by atoms with Crippen LogP contribution in [0.1, 0.15) is 71.5 Å². The lowest BCUT2D eigenvalue weighted by Crippen LogP contribution is -2.64. The van der Waals surface area contributed by atoms with Crippen molar-refractivity contribution in [2.75, 3.05) is 65.0 Å². The first-order valence-electron chi connectivity index (χ1n) is 22.9. The SMILES string of the molecule is CC(CCN1Cc2cc(C#Cc3ccc(C4(F)CN(C5COC5)C4)cc3)cn2C1=O)(C(=O)NO)S(C)(=O)=O.C[C@@](CCN1Cc2cc(C#Cc3ccc(C4(F)CNC4)cc3)cn2C1=O)(C(=O)NO)S(C)(=O)=O. The number of aromatic nitrogens is 2. The lowest BCUT2D eigenvalue weighted by atomic mass is 9.86. The Bertz CT molecular complexity index is 3160. The number of carbonyl (C=O) groups excluding carboxylic acids is 4. The minimum absolute atomic E-state index is 0.00706. The summed E-state index contributed by atoms with van der Waals surface area (Å²) in [4.78, 5) is 54.5. The van der Waals surface area contributed by atoms with E-state index in [2.05, 4.69) is 33.9 Å². The summed E-state index contributed by atoms with van der Waals surface area (Å²) < 4.78 is 82.4. The normalized spacial score (nSPS) is 19.5. The van der Waals surface area contributed by atoms with Crippen molar-refractivity contribution in [3.63, 3.8) is 0 Å². The number of alkyl halides is 2. The van der Waals surface area contributed by atoms with Crippen LogP contribution in [0.4, 0.5) is 18.4 Å². The molecular formula is C49H54F2N8O11S2. The quantitative estimate of drug-likeness (QED) is 0.0736. The summed E-state index contributed by atoms with van der Waals surface area (Å²) in [5, 5.41) is 20.8. The first kappa shape index (κ1) is 51.9. The molecule has 4 aromatic rings. The third-order valence-corrected chi connectivity index (χ3v) is 18.4. The molecule has 2 atom stereocenters. The number of sulfone groups is 2. The van der Waals surface area contributed by atoms with Gasteiger partial charge in [-0.25, -0.2) is 46.2 Å². The van der Waals surface area contributed by atoms with Crippen LogP contribution in [0.25, 0.3) is 0 Å². The number of rotatable bonds is 13. The molecule has 5 aliphatic heterocycles. The number of nitrogens with zero attached hydrogens (tertiary/aromatic N) is 5. The highest BCUT2D eigenvalue weighted by Gasteiger charge is 2.49. The maximum atomic E-state index is 15.2. The molecule has 0 aliphatic carbocycles. The van der Waals surface area contributed by atoms with Gasteiger partial charge in [0.2, 0.25) is 0 Å². The first-order valence-corrected chi connectivity index (χ1v) is 26.6. The third-order valence-electron chi connectivity index (χ3n) is 14.3. The van der Waals surface area contributed by atoms with Crippen LogP contribution in [0.2, 0.25) is 0 Å². The lowest BCUT2D eigenvalue weighted by Gasteiger charge is -2.50. The maximum absolute atomic E-state index is 15.2. The summed E-state index contributed by atoms with van der Waals surface area (Å²) in [5.74, 6) is 10.00. The van der Waals surface area contributed by atoms with Crippen LogP contribution < -0.4 is 16.3 Å². The number of benzene rings is 2. The van der Waals surface area contributed by atoms with E-state index in [9.17, 15) is 40.4 Å². The summed E-state index contributed by atoms with van der Waals surface area (Å²) in [7, 11) is -7.70. The number of ether oxygens (including phenoxy) is 1. The number of halogens is 2. The zero-order valence-corrected chi connectivity index (χ0v) is 41.5. The molecule has 0 radical (unpaired) electrons. The van der Waals surface area contributed by atoms with E-state index in [-0.39, 0.29) is 51.1 Å². The molecular weight excluding hydrogens is 979 g/mol. The van der Waals surface area contributed by atoms with Crippen molar-refractivity contribution in [2.24, 2.45) is 0 Å². The number of nitrogens with one attached hydrogen (secondary N) is 3. The second kappa shape index (κ2) is 19.5. The smallest absolute Gasteiger partial charge is 0.328 e. The second-order valence-electron chi connectivity index (χ2n) is 19.3. The summed E-state index contributed by atoms with van der Waals surface area (Å²) in [5.41, 5.74) is 5.49. The number of hydrogen-bond donors (Lipinski definition) is 5. The van der Waals surface area contributed by atoms with E-state index >= 15 is 4.39 Å². The van der Waals surface area contributed by atoms with Crippen LogP contribution in [0.15, 0.2) is 73.1 Å². The molecule has 72 heavy (non-hydrogen) atoms. The van der Waals surface area contributed by atoms with Gasteiger partial charge in [0.25, 0.3) is 11.8 Å². The van der Waals surface area contributed by atoms with Crippen LogP contribution in [0, 0.1) is 23.7 Å². The standard InChI is InChI=1S/C26H29FN4O6S.C23H25FN4O5S/c1-25(23(32)28-34,38(2,35)36)9-10-29-13-21-11-19(12-31(21)24(29)33)4-3-18-5-7-20(8-6-18)26(27)16-30(17-26)22-14-37-15-22;1-22(20(29)26-31,34(2,32)33)9-10-27-13-19-11-17(12-28(19)21(27)30)4-3-16-5-7-18(8-6-16)23(24)14-25-15-23/h5-8,11-12,22,34H,9-10,13-17H2,1-2H3,(H,28,32);5-8,11-12,25,31H,9-10,13-15H2,1-2H3,(H,26,29)/t;22-/m.1/s1. The molecule has 4 amide bonds. The van der Waals surface area contributed by atoms with Crippen LogP contribution in [0.3, 0.4) is 0 Å². The van der Waals surface area contributed by atoms with Gasteiger partial charge in [0.15, 0.2) is 40.5 Å². The average Bonchev–Trinajstić information content (AvgIpc) is 4.06. The summed E-state index contributed by atoms with van der Waals surface area (Å²) in [6.45, 7) is 5.62. The number of likely N-dealkylation sites (tertiary alicyclic amines) is 1. The number of fused-ring (bicyclic) bond motifs is 2. The Kier molecular flexibility index (Phi) is 14.1. The Morgan fingerprint density at radius 1 is 0.694 bits per heavy atom. The summed E-state index contributed by atoms with van der Waals surface area (Å²) in [6.07, 6.45) is 4.69. The van der Waals surface area contributed by atoms with Gasteiger partial charge >= 0.3 is 12.1 Å². The summed E-state index contributed by atoms with van der Waals surface area (Å²) in [6, 6.07) is 17.3. The van der Waals surface area contributed by atoms with Crippen LogP contribution in [-0.2, 0) is 58.4 Å². The molecule has 1 unspecified atom stereocenters. The molecule has 2 aromatic carbocycles. The molecule has 5 aliphatic rings. The number of carbonyl (C=O) groups is 4. The molecule has 3 saturated heterocycles. The van der Waals surface area contributed by atoms with Gasteiger partial charge in [-0.3, -0.25) is 34.0 Å². The third kappa shape index (κ3) is 10.0. The summed E-state index contributed by atoms with van der Waals surface area (Å²) >= 11 is 0. The van der Waals surface area contributed by atoms with Gasteiger partial charge < -0.3 is 19.9 Å². The Hall–Kier alpha value is -6.44. The van der Waals surface area contributed by atoms with Crippen molar-refractivity contribution in [3.05, 3.63) is 118 Å². The predicted molar refractivity (Wildman–Crippen MR) is 256 cm³/mol. The van der Waals surface area contributed by atoms with E-state index in [0.29, 0.717) is 79.1 Å². The van der Waals surface area contributed by atoms with Crippen molar-refractivity contribution in [2.45, 2.75) is 66.7 Å². The van der Waals surface area contributed by atoms with E-state index in [0.717, 1.165) is 23.6 Å². The van der Waals surface area contributed by atoms with Gasteiger partial charge in [0, 0.05) is 97.8 Å². The van der Waals surface area contributed by atoms with Crippen LogP contribution in [-0.4, -0.2) is 155 Å². The Labute approximate surface area is 415 Å². The molecule has 5 N–H and O–H groups in total. The highest BCUT2D eigenvalue weighted by Crippen LogP contribution is 2.38. The van der Waals surface area contributed by atoms with E-state index in [1.54, 1.807) is 73.1 Å². The molecule has 2 aromatic heterocycles. The van der Waals surface area contributed by atoms with Gasteiger partial charge in [0.05, 0.1) is 32.3 Å². The minimum atomic E-state index is -3.86. The molecule has 19 nitrogen and oxygen atoms in total. The molecule has 0 saturated carbocycles. The Morgan fingerprint density at radius 2 is 1.08 bits per heavy atom. The highest BCUT2D eigenvalue weighted by molar-refractivity contribution is 7.93. The number of amides is 4. The monoisotopic (exact) mass is 1030 g/mol. The maximum Gasteiger partial charge on any atom is 0.328 e. The van der Waals surface area contributed by atoms with Crippen molar-refractivity contribution in [3.8, 4) is 23.7 Å². The van der Waals surface area contributed by atoms with Crippen molar-refractivity contribution in [1.29, 1.82) is 0 Å². The predicted octanol–water partition coefficient (Wildman–Crippen LogP) is 2.39. The van der Waals surface area contributed by atoms with Crippen LogP contribution in [0.5, 0.6) is 0 Å². The Balaban J connectivity index is 0.000000194. The van der Waals surface area contributed by atoms with Gasteiger partial charge in [-0.15, -0.1) is 0 Å². The zero-order valence-electron chi connectivity index (χ0n) is 39.9. The molecule has 9 rings (SSSR count). The molecule has 3 fully saturated rings. The minimum Gasteiger partial charge on any atom is -0.378 e. The van der Waals surface area contributed by atoms with Gasteiger partial charge in [0.1, 0.15) is 0 Å². The van der Waals surface area contributed by atoms with Gasteiger partial charge in [-0.2, -0.15) is 0 Å². The number of hydrogen-bond acceptors (Lipinski definition) is 13. The van der Waals surface area contributed by atoms with Gasteiger partial charge in [-0.1, -0.05) is 47.9 Å². The van der Waals surface area contributed by atoms with Crippen molar-refractivity contribution in [1.82, 2.24) is 40.1 Å². The Morgan fingerprint density at radius 3 is 1.40 bits per heavy atom. The fraction of sp³-hybridized carbons (Fsp3) is 0.429. The molecule has 0 bridgehead atoms. The second-order valence-corrected chi connectivity index (χ2v) is 24.2. The lowest BCUT2D eigenvalue weighted by molar-refractivity contribution is -0.141. The van der Waals surface area contributed by atoms with Crippen molar-refractivity contribution >= 4 is 43.6 Å². The van der Waals surface area contributed by atoms with Gasteiger partial charge in [-0.05, 0) is 74.2 Å². The molecule has 7 heterocycles. The molecule has 382 valence electrons. The van der Waals surface area contributed by atoms with Crippen LogP contribution >= 0.6 is 0 Å². The van der Waals surface area contributed by atoms with E-state index in [1.165, 1.54) is 43.7 Å². The number of hydroxylamine groups is 2. The zero-order chi connectivity index (χ0) is 52.0. The average molecular weight is 1030 g/mol. The van der Waals surface area contributed by atoms with E-state index in [1.807, 2.05) is 0 Å². The topological polar surface area (TPSA) is 242 Å². The fourth-order valence-electron chi connectivity index (χ4n) is 8.82. The highest BCUT2D eigenvalue weighted by atomic mass is 32.2. The first-order chi connectivity index (χ1) is 33.9. The van der Waals surface area contributed by atoms with E-state index in [4.69, 9.17) is 15.2 Å². The van der Waals surface area contributed by atoms with Crippen molar-refractivity contribution < 1.29 is 59.9 Å². The van der Waals surface area contributed by atoms with E-state index < -0.39 is 52.3 Å². The molecule has 23 heteroatoms. The largest absolute Gasteiger partial charge is 0.378 e. The molecule has 0 spiro atoms. The fourth-order valence-corrected chi connectivity index (χ4v) is 10.5.